The predicted molar refractivity (Wildman–Crippen MR) is 59.2 cm³/mol. The summed E-state index contributed by atoms with van der Waals surface area (Å²) in [6, 6.07) is 5.87. The molecule has 3 nitrogen and oxygen atoms in total. The summed E-state index contributed by atoms with van der Waals surface area (Å²) >= 11 is 0. The summed E-state index contributed by atoms with van der Waals surface area (Å²) in [5.41, 5.74) is 6.07. The van der Waals surface area contributed by atoms with E-state index < -0.39 is 5.54 Å². The van der Waals surface area contributed by atoms with E-state index in [0.29, 0.717) is 6.42 Å². The highest BCUT2D eigenvalue weighted by atomic mass is 19.1. The molecule has 0 aliphatic heterocycles. The van der Waals surface area contributed by atoms with Gasteiger partial charge in [0, 0.05) is 0 Å². The van der Waals surface area contributed by atoms with Crippen molar-refractivity contribution in [3.63, 3.8) is 0 Å². The van der Waals surface area contributed by atoms with E-state index in [1.54, 1.807) is 12.1 Å². The maximum atomic E-state index is 12.8. The van der Waals surface area contributed by atoms with Gasteiger partial charge in [0.2, 0.25) is 0 Å². The number of hydrogen-bond donors (Lipinski definition) is 1. The smallest absolute Gasteiger partial charge is 0.307 e. The van der Waals surface area contributed by atoms with Gasteiger partial charge < -0.3 is 10.5 Å². The van der Waals surface area contributed by atoms with Crippen LogP contribution < -0.4 is 5.73 Å². The zero-order valence-corrected chi connectivity index (χ0v) is 9.50. The van der Waals surface area contributed by atoms with Gasteiger partial charge in [0.15, 0.2) is 0 Å². The lowest BCUT2D eigenvalue weighted by atomic mass is 9.85. The third kappa shape index (κ3) is 2.79. The summed E-state index contributed by atoms with van der Waals surface area (Å²) in [7, 11) is 1.32. The number of nitrogens with two attached hydrogens (primary N) is 1. The molecule has 0 radical (unpaired) electrons. The summed E-state index contributed by atoms with van der Waals surface area (Å²) < 4.78 is 17.4. The first kappa shape index (κ1) is 12.6. The van der Waals surface area contributed by atoms with Crippen molar-refractivity contribution in [1.82, 2.24) is 0 Å². The highest BCUT2D eigenvalue weighted by Gasteiger charge is 2.28. The molecule has 16 heavy (non-hydrogen) atoms. The number of esters is 1. The Kier molecular flexibility index (Phi) is 4.01. The van der Waals surface area contributed by atoms with Crippen LogP contribution in [0.15, 0.2) is 24.3 Å². The summed E-state index contributed by atoms with van der Waals surface area (Å²) in [5, 5.41) is 0. The first-order chi connectivity index (χ1) is 7.51. The molecule has 0 saturated carbocycles. The molecule has 1 atom stereocenters. The van der Waals surface area contributed by atoms with E-state index in [-0.39, 0.29) is 18.2 Å². The second kappa shape index (κ2) is 5.07. The molecular formula is C12H16FNO2. The van der Waals surface area contributed by atoms with Gasteiger partial charge in [-0.3, -0.25) is 4.79 Å². The minimum atomic E-state index is -0.791. The standard InChI is InChI=1S/C12H16FNO2/c1-3-12(14,8-11(15)16-2)9-4-6-10(13)7-5-9/h4-7H,3,8,14H2,1-2H3. The monoisotopic (exact) mass is 225 g/mol. The van der Waals surface area contributed by atoms with Gasteiger partial charge in [0.25, 0.3) is 0 Å². The largest absolute Gasteiger partial charge is 0.469 e. The van der Waals surface area contributed by atoms with Crippen molar-refractivity contribution >= 4 is 5.97 Å². The van der Waals surface area contributed by atoms with Crippen LogP contribution in [0.1, 0.15) is 25.3 Å². The predicted octanol–water partition coefficient (Wildman–Crippen LogP) is 1.95. The molecule has 1 rings (SSSR count). The van der Waals surface area contributed by atoms with Crippen LogP contribution in [0.3, 0.4) is 0 Å². The van der Waals surface area contributed by atoms with E-state index in [0.717, 1.165) is 5.56 Å². The zero-order valence-electron chi connectivity index (χ0n) is 9.50. The molecule has 88 valence electrons. The average Bonchev–Trinajstić information content (AvgIpc) is 2.29. The molecule has 0 aliphatic rings. The molecule has 0 aliphatic carbocycles. The van der Waals surface area contributed by atoms with Gasteiger partial charge in [-0.1, -0.05) is 19.1 Å². The molecule has 0 saturated heterocycles. The second-order valence-electron chi connectivity index (χ2n) is 3.77. The second-order valence-corrected chi connectivity index (χ2v) is 3.77. The molecule has 0 spiro atoms. The topological polar surface area (TPSA) is 52.3 Å². The van der Waals surface area contributed by atoms with Crippen LogP contribution >= 0.6 is 0 Å². The van der Waals surface area contributed by atoms with Gasteiger partial charge in [-0.05, 0) is 24.1 Å². The minimum absolute atomic E-state index is 0.0889. The maximum Gasteiger partial charge on any atom is 0.307 e. The first-order valence-corrected chi connectivity index (χ1v) is 5.13. The van der Waals surface area contributed by atoms with Crippen LogP contribution in [0.25, 0.3) is 0 Å². The Morgan fingerprint density at radius 2 is 2.00 bits per heavy atom. The Morgan fingerprint density at radius 3 is 2.44 bits per heavy atom. The van der Waals surface area contributed by atoms with E-state index >= 15 is 0 Å². The fourth-order valence-corrected chi connectivity index (χ4v) is 1.54. The number of carbonyl (C=O) groups excluding carboxylic acids is 1. The van der Waals surface area contributed by atoms with Crippen LogP contribution in [0.5, 0.6) is 0 Å². The van der Waals surface area contributed by atoms with Gasteiger partial charge in [-0.2, -0.15) is 0 Å². The van der Waals surface area contributed by atoms with Gasteiger partial charge in [0.05, 0.1) is 19.1 Å². The Labute approximate surface area is 94.4 Å². The molecule has 0 bridgehead atoms. The molecule has 1 aromatic rings. The van der Waals surface area contributed by atoms with E-state index in [2.05, 4.69) is 4.74 Å². The molecule has 0 aromatic heterocycles. The van der Waals surface area contributed by atoms with Crippen LogP contribution in [-0.2, 0) is 15.1 Å². The van der Waals surface area contributed by atoms with E-state index in [4.69, 9.17) is 5.73 Å². The summed E-state index contributed by atoms with van der Waals surface area (Å²) in [4.78, 5) is 11.3. The Hall–Kier alpha value is -1.42. The average molecular weight is 225 g/mol. The molecule has 1 unspecified atom stereocenters. The molecule has 0 amide bonds. The van der Waals surface area contributed by atoms with Gasteiger partial charge in [-0.15, -0.1) is 0 Å². The van der Waals surface area contributed by atoms with E-state index in [1.807, 2.05) is 6.92 Å². The van der Waals surface area contributed by atoms with Crippen molar-refractivity contribution < 1.29 is 13.9 Å². The van der Waals surface area contributed by atoms with Crippen LogP contribution in [0.2, 0.25) is 0 Å². The number of rotatable bonds is 4. The van der Waals surface area contributed by atoms with Crippen LogP contribution in [0.4, 0.5) is 4.39 Å². The number of ether oxygens (including phenoxy) is 1. The highest BCUT2D eigenvalue weighted by Crippen LogP contribution is 2.26. The van der Waals surface area contributed by atoms with Crippen LogP contribution in [-0.4, -0.2) is 13.1 Å². The fourth-order valence-electron chi connectivity index (χ4n) is 1.54. The third-order valence-electron chi connectivity index (χ3n) is 2.74. The SMILES string of the molecule is CCC(N)(CC(=O)OC)c1ccc(F)cc1. The normalized spacial score (nSPS) is 14.2. The quantitative estimate of drug-likeness (QED) is 0.797. The molecular weight excluding hydrogens is 209 g/mol. The summed E-state index contributed by atoms with van der Waals surface area (Å²) in [6.45, 7) is 1.88. The minimum Gasteiger partial charge on any atom is -0.469 e. The zero-order chi connectivity index (χ0) is 12.2. The molecule has 0 heterocycles. The van der Waals surface area contributed by atoms with Gasteiger partial charge in [0.1, 0.15) is 5.82 Å². The molecule has 4 heteroatoms. The molecule has 1 aromatic carbocycles. The lowest BCUT2D eigenvalue weighted by molar-refractivity contribution is -0.142. The van der Waals surface area contributed by atoms with Crippen LogP contribution in [0, 0.1) is 5.82 Å². The number of halogens is 1. The number of carbonyl (C=O) groups is 1. The maximum absolute atomic E-state index is 12.8. The molecule has 0 fully saturated rings. The van der Waals surface area contributed by atoms with Crippen molar-refractivity contribution in [1.29, 1.82) is 0 Å². The molecule has 2 N–H and O–H groups in total. The summed E-state index contributed by atoms with van der Waals surface area (Å²) in [5.74, 6) is -0.686. The van der Waals surface area contributed by atoms with E-state index in [1.165, 1.54) is 19.2 Å². The van der Waals surface area contributed by atoms with E-state index in [9.17, 15) is 9.18 Å². The van der Waals surface area contributed by atoms with Crippen molar-refractivity contribution in [2.24, 2.45) is 5.73 Å². The highest BCUT2D eigenvalue weighted by molar-refractivity contribution is 5.71. The lowest BCUT2D eigenvalue weighted by Crippen LogP contribution is -2.38. The van der Waals surface area contributed by atoms with Crippen molar-refractivity contribution in [2.45, 2.75) is 25.3 Å². The number of benzene rings is 1. The summed E-state index contributed by atoms with van der Waals surface area (Å²) in [6.07, 6.45) is 0.666. The number of hydrogen-bond acceptors (Lipinski definition) is 3. The lowest BCUT2D eigenvalue weighted by Gasteiger charge is -2.27. The van der Waals surface area contributed by atoms with Crippen molar-refractivity contribution in [3.05, 3.63) is 35.6 Å². The Morgan fingerprint density at radius 1 is 1.44 bits per heavy atom. The first-order valence-electron chi connectivity index (χ1n) is 5.13. The third-order valence-corrected chi connectivity index (χ3v) is 2.74. The van der Waals surface area contributed by atoms with Gasteiger partial charge >= 0.3 is 5.97 Å². The van der Waals surface area contributed by atoms with Crippen molar-refractivity contribution in [2.75, 3.05) is 7.11 Å². The Bertz CT molecular complexity index is 364. The fraction of sp³-hybridized carbons (Fsp3) is 0.417. The number of methoxy groups -OCH3 is 1. The van der Waals surface area contributed by atoms with Crippen molar-refractivity contribution in [3.8, 4) is 0 Å². The Balaban J connectivity index is 2.95. The van der Waals surface area contributed by atoms with Gasteiger partial charge in [-0.25, -0.2) is 4.39 Å².